The number of hydrogen-bond donors (Lipinski definition) is 0. The summed E-state index contributed by atoms with van der Waals surface area (Å²) in [6, 6.07) is 0. The number of allylic oxidation sites excluding steroid dienone is 2. The number of nitrogens with zero attached hydrogens (tertiary/aromatic N) is 1. The average molecular weight is 253 g/mol. The van der Waals surface area contributed by atoms with Crippen molar-refractivity contribution in [2.45, 2.75) is 60.3 Å². The summed E-state index contributed by atoms with van der Waals surface area (Å²) in [5.74, 6) is 0.641. The summed E-state index contributed by atoms with van der Waals surface area (Å²) in [6.07, 6.45) is 4.79. The fourth-order valence-corrected chi connectivity index (χ4v) is 2.96. The molecular formula is C15H27NS. The van der Waals surface area contributed by atoms with Gasteiger partial charge in [-0.2, -0.15) is 0 Å². The van der Waals surface area contributed by atoms with E-state index in [0.29, 0.717) is 11.3 Å². The van der Waals surface area contributed by atoms with Gasteiger partial charge >= 0.3 is 0 Å². The van der Waals surface area contributed by atoms with Crippen molar-refractivity contribution in [1.29, 1.82) is 0 Å². The van der Waals surface area contributed by atoms with Gasteiger partial charge in [0.25, 0.3) is 0 Å². The molecule has 1 rings (SSSR count). The lowest BCUT2D eigenvalue weighted by Crippen LogP contribution is -2.31. The molecule has 0 spiro atoms. The molecule has 1 nitrogen and oxygen atoms in total. The van der Waals surface area contributed by atoms with E-state index in [9.17, 15) is 0 Å². The van der Waals surface area contributed by atoms with Gasteiger partial charge in [-0.05, 0) is 43.1 Å². The van der Waals surface area contributed by atoms with Crippen LogP contribution in [0.4, 0.5) is 0 Å². The van der Waals surface area contributed by atoms with Gasteiger partial charge < -0.3 is 4.90 Å². The van der Waals surface area contributed by atoms with E-state index in [4.69, 9.17) is 12.2 Å². The van der Waals surface area contributed by atoms with Crippen molar-refractivity contribution >= 4 is 17.2 Å². The van der Waals surface area contributed by atoms with Gasteiger partial charge in [-0.15, -0.1) is 0 Å². The summed E-state index contributed by atoms with van der Waals surface area (Å²) >= 11 is 5.55. The first-order valence-corrected chi connectivity index (χ1v) is 7.13. The molecule has 0 radical (unpaired) electrons. The van der Waals surface area contributed by atoms with Crippen molar-refractivity contribution in [2.24, 2.45) is 11.3 Å². The third-order valence-corrected chi connectivity index (χ3v) is 4.47. The molecule has 0 aliphatic heterocycles. The van der Waals surface area contributed by atoms with Crippen LogP contribution in [0.2, 0.25) is 0 Å². The van der Waals surface area contributed by atoms with Crippen molar-refractivity contribution in [3.05, 3.63) is 11.3 Å². The predicted octanol–water partition coefficient (Wildman–Crippen LogP) is 4.78. The van der Waals surface area contributed by atoms with Crippen LogP contribution in [0.15, 0.2) is 11.3 Å². The number of thiocarbonyl (C=S) groups is 1. The molecular weight excluding hydrogens is 226 g/mol. The van der Waals surface area contributed by atoms with Crippen molar-refractivity contribution < 1.29 is 0 Å². The fourth-order valence-electron chi connectivity index (χ4n) is 2.52. The van der Waals surface area contributed by atoms with Gasteiger partial charge in [-0.3, -0.25) is 0 Å². The summed E-state index contributed by atoms with van der Waals surface area (Å²) in [7, 11) is 2.14. The SMILES string of the molecule is CC1=C(N(C)C(=S)CC(C)C)CCCC1(C)C. The number of hydrogen-bond acceptors (Lipinski definition) is 1. The quantitative estimate of drug-likeness (QED) is 0.666. The second kappa shape index (κ2) is 5.51. The maximum absolute atomic E-state index is 5.55. The fraction of sp³-hybridized carbons (Fsp3) is 0.800. The first kappa shape index (κ1) is 14.7. The summed E-state index contributed by atoms with van der Waals surface area (Å²) < 4.78 is 0. The summed E-state index contributed by atoms with van der Waals surface area (Å²) in [4.78, 5) is 3.36. The zero-order valence-corrected chi connectivity index (χ0v) is 13.1. The Morgan fingerprint density at radius 2 is 2.00 bits per heavy atom. The third-order valence-electron chi connectivity index (χ3n) is 4.03. The summed E-state index contributed by atoms with van der Waals surface area (Å²) in [5, 5.41) is 0. The maximum Gasteiger partial charge on any atom is 0.0821 e. The predicted molar refractivity (Wildman–Crippen MR) is 80.1 cm³/mol. The van der Waals surface area contributed by atoms with E-state index >= 15 is 0 Å². The monoisotopic (exact) mass is 253 g/mol. The molecule has 2 heteroatoms. The van der Waals surface area contributed by atoms with E-state index < -0.39 is 0 Å². The summed E-state index contributed by atoms with van der Waals surface area (Å²) in [5.41, 5.74) is 3.33. The molecule has 0 N–H and O–H groups in total. The zero-order valence-electron chi connectivity index (χ0n) is 12.3. The molecule has 0 aromatic carbocycles. The third kappa shape index (κ3) is 3.54. The Morgan fingerprint density at radius 3 is 2.53 bits per heavy atom. The lowest BCUT2D eigenvalue weighted by atomic mass is 9.75. The van der Waals surface area contributed by atoms with E-state index in [-0.39, 0.29) is 0 Å². The van der Waals surface area contributed by atoms with Crippen LogP contribution in [0.3, 0.4) is 0 Å². The molecule has 0 unspecified atom stereocenters. The highest BCUT2D eigenvalue weighted by Gasteiger charge is 2.29. The Hall–Kier alpha value is -0.370. The minimum absolute atomic E-state index is 0.343. The highest BCUT2D eigenvalue weighted by molar-refractivity contribution is 7.80. The zero-order chi connectivity index (χ0) is 13.2. The second-order valence-corrected chi connectivity index (χ2v) is 6.83. The molecule has 0 bridgehead atoms. The van der Waals surface area contributed by atoms with E-state index in [0.717, 1.165) is 11.4 Å². The molecule has 0 atom stereocenters. The lowest BCUT2D eigenvalue weighted by molar-refractivity contribution is 0.341. The average Bonchev–Trinajstić information content (AvgIpc) is 2.20. The summed E-state index contributed by atoms with van der Waals surface area (Å²) in [6.45, 7) is 11.4. The molecule has 98 valence electrons. The van der Waals surface area contributed by atoms with Gasteiger partial charge in [0.05, 0.1) is 4.99 Å². The van der Waals surface area contributed by atoms with Crippen molar-refractivity contribution in [3.63, 3.8) is 0 Å². The van der Waals surface area contributed by atoms with Crippen LogP contribution >= 0.6 is 12.2 Å². The lowest BCUT2D eigenvalue weighted by Gasteiger charge is -2.37. The van der Waals surface area contributed by atoms with E-state index in [1.807, 2.05) is 0 Å². The van der Waals surface area contributed by atoms with Crippen molar-refractivity contribution in [1.82, 2.24) is 4.90 Å². The molecule has 0 fully saturated rings. The van der Waals surface area contributed by atoms with Crippen LogP contribution in [0.5, 0.6) is 0 Å². The van der Waals surface area contributed by atoms with Gasteiger partial charge in [0, 0.05) is 19.2 Å². The van der Waals surface area contributed by atoms with Crippen molar-refractivity contribution in [3.8, 4) is 0 Å². The maximum atomic E-state index is 5.55. The molecule has 0 aromatic rings. The molecule has 1 aliphatic rings. The van der Waals surface area contributed by atoms with E-state index in [2.05, 4.69) is 46.6 Å². The molecule has 0 aromatic heterocycles. The first-order chi connectivity index (χ1) is 7.75. The van der Waals surface area contributed by atoms with E-state index in [1.165, 1.54) is 30.5 Å². The molecule has 0 saturated heterocycles. The van der Waals surface area contributed by atoms with Crippen LogP contribution < -0.4 is 0 Å². The van der Waals surface area contributed by atoms with Crippen LogP contribution in [0, 0.1) is 11.3 Å². The molecule has 0 amide bonds. The van der Waals surface area contributed by atoms with Crippen molar-refractivity contribution in [2.75, 3.05) is 7.05 Å². The second-order valence-electron chi connectivity index (χ2n) is 6.36. The highest BCUT2D eigenvalue weighted by Crippen LogP contribution is 2.40. The van der Waals surface area contributed by atoms with Gasteiger partial charge in [-0.1, -0.05) is 39.9 Å². The Kier molecular flexibility index (Phi) is 4.77. The Labute approximate surface area is 112 Å². The molecule has 0 heterocycles. The molecule has 1 aliphatic carbocycles. The molecule has 17 heavy (non-hydrogen) atoms. The van der Waals surface area contributed by atoms with Gasteiger partial charge in [0.15, 0.2) is 0 Å². The van der Waals surface area contributed by atoms with E-state index in [1.54, 1.807) is 0 Å². The van der Waals surface area contributed by atoms with Crippen LogP contribution in [0.1, 0.15) is 60.3 Å². The smallest absolute Gasteiger partial charge is 0.0821 e. The van der Waals surface area contributed by atoms with Crippen LogP contribution in [-0.4, -0.2) is 16.9 Å². The minimum Gasteiger partial charge on any atom is -0.343 e. The highest BCUT2D eigenvalue weighted by atomic mass is 32.1. The van der Waals surface area contributed by atoms with Gasteiger partial charge in [-0.25, -0.2) is 0 Å². The standard InChI is InChI=1S/C15H27NS/c1-11(2)10-14(17)16(6)13-8-7-9-15(4,5)12(13)3/h11H,7-10H2,1-6H3. The van der Waals surface area contributed by atoms with Gasteiger partial charge in [0.2, 0.25) is 0 Å². The largest absolute Gasteiger partial charge is 0.343 e. The minimum atomic E-state index is 0.343. The Morgan fingerprint density at radius 1 is 1.41 bits per heavy atom. The first-order valence-electron chi connectivity index (χ1n) is 6.72. The Bertz CT molecular complexity index is 326. The van der Waals surface area contributed by atoms with Crippen LogP contribution in [-0.2, 0) is 0 Å². The number of rotatable bonds is 3. The van der Waals surface area contributed by atoms with Crippen LogP contribution in [0.25, 0.3) is 0 Å². The normalized spacial score (nSPS) is 19.7. The van der Waals surface area contributed by atoms with Gasteiger partial charge in [0.1, 0.15) is 0 Å². The topological polar surface area (TPSA) is 3.24 Å². The molecule has 0 saturated carbocycles. The Balaban J connectivity index is 2.88.